The molecule has 1 aromatic carbocycles. The second-order valence-electron chi connectivity index (χ2n) is 9.82. The Balaban J connectivity index is 1.22. The Kier molecular flexibility index (Phi) is 5.50. The summed E-state index contributed by atoms with van der Waals surface area (Å²) in [7, 11) is 0. The molecule has 5 atom stereocenters. The number of hydrogen-bond acceptors (Lipinski definition) is 7. The molecule has 3 aliphatic heterocycles. The molecule has 174 valence electrons. The van der Waals surface area contributed by atoms with Crippen molar-refractivity contribution in [2.24, 2.45) is 0 Å². The molecule has 6 rings (SSSR count). The van der Waals surface area contributed by atoms with Gasteiger partial charge in [0.1, 0.15) is 12.2 Å². The molecule has 0 unspecified atom stereocenters. The summed E-state index contributed by atoms with van der Waals surface area (Å²) in [6, 6.07) is 9.04. The summed E-state index contributed by atoms with van der Waals surface area (Å²) in [6.45, 7) is 0.425. The van der Waals surface area contributed by atoms with E-state index in [4.69, 9.17) is 28.4 Å². The fourth-order valence-corrected chi connectivity index (χ4v) is 5.97. The number of carbonyl (C=O) groups excluding carboxylic acids is 1. The van der Waals surface area contributed by atoms with Crippen LogP contribution in [0.1, 0.15) is 74.6 Å². The van der Waals surface area contributed by atoms with Gasteiger partial charge in [0, 0.05) is 25.7 Å². The molecular weight excluding hydrogens is 412 g/mol. The number of rotatable bonds is 3. The summed E-state index contributed by atoms with van der Waals surface area (Å²) < 4.78 is 37.8. The third-order valence-corrected chi connectivity index (χ3v) is 7.62. The summed E-state index contributed by atoms with van der Waals surface area (Å²) >= 11 is 0. The van der Waals surface area contributed by atoms with Gasteiger partial charge in [-0.05, 0) is 37.8 Å². The van der Waals surface area contributed by atoms with Crippen LogP contribution in [0.2, 0.25) is 0 Å². The summed E-state index contributed by atoms with van der Waals surface area (Å²) in [4.78, 5) is 13.0. The average Bonchev–Trinajstić information content (AvgIpc) is 3.48. The number of fused-ring (bicyclic) bond motifs is 1. The van der Waals surface area contributed by atoms with E-state index < -0.39 is 36.2 Å². The first-order valence-corrected chi connectivity index (χ1v) is 12.2. The molecule has 3 saturated heterocycles. The van der Waals surface area contributed by atoms with Crippen LogP contribution >= 0.6 is 0 Å². The minimum Gasteiger partial charge on any atom is -0.453 e. The predicted octanol–water partition coefficient (Wildman–Crippen LogP) is 4.09. The average molecular weight is 445 g/mol. The second kappa shape index (κ2) is 8.37. The van der Waals surface area contributed by atoms with Crippen molar-refractivity contribution in [2.75, 3.05) is 6.61 Å². The van der Waals surface area contributed by atoms with Gasteiger partial charge in [0.15, 0.2) is 30.1 Å². The van der Waals surface area contributed by atoms with Crippen LogP contribution in [0.15, 0.2) is 30.3 Å². The minimum absolute atomic E-state index is 0.318. The minimum atomic E-state index is -0.617. The van der Waals surface area contributed by atoms with Gasteiger partial charge in [-0.1, -0.05) is 31.0 Å². The first kappa shape index (κ1) is 21.1. The molecular formula is C25H32O7. The predicted molar refractivity (Wildman–Crippen MR) is 113 cm³/mol. The number of ether oxygens (including phenoxy) is 6. The van der Waals surface area contributed by atoms with Gasteiger partial charge in [0.05, 0.1) is 12.2 Å². The summed E-state index contributed by atoms with van der Waals surface area (Å²) in [6.07, 6.45) is 7.80. The Hall–Kier alpha value is -1.51. The number of carbonyl (C=O) groups is 1. The maximum absolute atomic E-state index is 13.0. The van der Waals surface area contributed by atoms with E-state index in [2.05, 4.69) is 0 Å². The van der Waals surface area contributed by atoms with Crippen LogP contribution in [0, 0.1) is 0 Å². The highest BCUT2D eigenvalue weighted by atomic mass is 16.9. The Labute approximate surface area is 188 Å². The molecule has 0 bridgehead atoms. The summed E-state index contributed by atoms with van der Waals surface area (Å²) in [5.74, 6) is -1.53. The Morgan fingerprint density at radius 2 is 1.50 bits per heavy atom. The van der Waals surface area contributed by atoms with Crippen LogP contribution in [0.25, 0.3) is 0 Å². The van der Waals surface area contributed by atoms with Gasteiger partial charge in [0.25, 0.3) is 0 Å². The third kappa shape index (κ3) is 3.78. The molecule has 1 aromatic rings. The lowest BCUT2D eigenvalue weighted by atomic mass is 9.94. The Bertz CT molecular complexity index is 815. The van der Waals surface area contributed by atoms with Crippen molar-refractivity contribution in [3.8, 4) is 0 Å². The van der Waals surface area contributed by atoms with Crippen LogP contribution < -0.4 is 0 Å². The molecule has 0 radical (unpaired) electrons. The third-order valence-electron chi connectivity index (χ3n) is 7.62. The quantitative estimate of drug-likeness (QED) is 0.650. The molecule has 5 fully saturated rings. The lowest BCUT2D eigenvalue weighted by molar-refractivity contribution is -0.259. The molecule has 3 heterocycles. The van der Waals surface area contributed by atoms with E-state index >= 15 is 0 Å². The highest BCUT2D eigenvalue weighted by Gasteiger charge is 2.62. The van der Waals surface area contributed by atoms with Crippen molar-refractivity contribution in [1.82, 2.24) is 0 Å². The molecule has 0 aromatic heterocycles. The maximum Gasteiger partial charge on any atom is 0.338 e. The van der Waals surface area contributed by atoms with Gasteiger partial charge in [-0.3, -0.25) is 0 Å². The highest BCUT2D eigenvalue weighted by molar-refractivity contribution is 5.89. The smallest absolute Gasteiger partial charge is 0.338 e. The second-order valence-corrected chi connectivity index (χ2v) is 9.82. The lowest BCUT2D eigenvalue weighted by Gasteiger charge is -2.35. The van der Waals surface area contributed by atoms with E-state index in [1.54, 1.807) is 12.1 Å². The topological polar surface area (TPSA) is 72.5 Å². The van der Waals surface area contributed by atoms with E-state index in [1.165, 1.54) is 12.8 Å². The van der Waals surface area contributed by atoms with Gasteiger partial charge >= 0.3 is 5.97 Å². The zero-order valence-electron chi connectivity index (χ0n) is 18.4. The zero-order chi connectivity index (χ0) is 21.6. The largest absolute Gasteiger partial charge is 0.453 e. The van der Waals surface area contributed by atoms with Crippen LogP contribution in [0.5, 0.6) is 0 Å². The molecule has 5 aliphatic rings. The molecule has 0 N–H and O–H groups in total. The molecule has 32 heavy (non-hydrogen) atoms. The normalized spacial score (nSPS) is 37.6. The van der Waals surface area contributed by atoms with Crippen LogP contribution in [0.4, 0.5) is 0 Å². The fraction of sp³-hybridized carbons (Fsp3) is 0.720. The van der Waals surface area contributed by atoms with Crippen molar-refractivity contribution in [2.45, 2.75) is 106 Å². The molecule has 2 aliphatic carbocycles. The van der Waals surface area contributed by atoms with Crippen molar-refractivity contribution in [3.63, 3.8) is 0 Å². The van der Waals surface area contributed by atoms with E-state index in [9.17, 15) is 4.79 Å². The van der Waals surface area contributed by atoms with E-state index in [-0.39, 0.29) is 12.1 Å². The standard InChI is InChI=1S/C25H32O7/c26-22(17-10-4-1-5-11-17)28-20-19(18-16-27-24(30-18)12-6-2-7-13-24)29-23-21(20)31-25(32-23)14-8-3-9-15-25/h1,4-5,10-11,18-21,23H,2-3,6-9,12-16H2/t18-,19-,20+,21-,23+/m0/s1. The molecule has 7 heteroatoms. The van der Waals surface area contributed by atoms with Gasteiger partial charge in [-0.2, -0.15) is 0 Å². The molecule has 2 spiro atoms. The fourth-order valence-electron chi connectivity index (χ4n) is 5.97. The SMILES string of the molecule is O=C(O[C@H]1[C@@H]2OC3(CCCCC3)O[C@H]2O[C@H]1[C@@H]1COC2(CCCCC2)O1)c1ccccc1. The van der Waals surface area contributed by atoms with E-state index in [0.29, 0.717) is 12.2 Å². The van der Waals surface area contributed by atoms with Gasteiger partial charge < -0.3 is 28.4 Å². The molecule has 2 saturated carbocycles. The van der Waals surface area contributed by atoms with E-state index in [1.807, 2.05) is 18.2 Å². The van der Waals surface area contributed by atoms with Gasteiger partial charge in [-0.15, -0.1) is 0 Å². The Morgan fingerprint density at radius 1 is 0.812 bits per heavy atom. The summed E-state index contributed by atoms with van der Waals surface area (Å²) in [5.41, 5.74) is 0.508. The molecule has 7 nitrogen and oxygen atoms in total. The number of esters is 1. The van der Waals surface area contributed by atoms with E-state index in [0.717, 1.165) is 51.4 Å². The number of benzene rings is 1. The van der Waals surface area contributed by atoms with Gasteiger partial charge in [0.2, 0.25) is 0 Å². The first-order chi connectivity index (χ1) is 15.7. The van der Waals surface area contributed by atoms with Gasteiger partial charge in [-0.25, -0.2) is 4.79 Å². The monoisotopic (exact) mass is 444 g/mol. The van der Waals surface area contributed by atoms with Crippen molar-refractivity contribution < 1.29 is 33.2 Å². The maximum atomic E-state index is 13.0. The van der Waals surface area contributed by atoms with Crippen LogP contribution in [-0.4, -0.2) is 54.9 Å². The van der Waals surface area contributed by atoms with Crippen molar-refractivity contribution >= 4 is 5.97 Å². The van der Waals surface area contributed by atoms with Crippen LogP contribution in [-0.2, 0) is 28.4 Å². The zero-order valence-corrected chi connectivity index (χ0v) is 18.4. The lowest BCUT2D eigenvalue weighted by Crippen LogP contribution is -2.46. The molecule has 0 amide bonds. The summed E-state index contributed by atoms with van der Waals surface area (Å²) in [5, 5.41) is 0. The van der Waals surface area contributed by atoms with Crippen molar-refractivity contribution in [3.05, 3.63) is 35.9 Å². The Morgan fingerprint density at radius 3 is 2.22 bits per heavy atom. The van der Waals surface area contributed by atoms with Crippen molar-refractivity contribution in [1.29, 1.82) is 0 Å². The van der Waals surface area contributed by atoms with Crippen LogP contribution in [0.3, 0.4) is 0 Å². The highest BCUT2D eigenvalue weighted by Crippen LogP contribution is 2.48. The first-order valence-electron chi connectivity index (χ1n) is 12.2. The number of hydrogen-bond donors (Lipinski definition) is 0.